The zero-order valence-corrected chi connectivity index (χ0v) is 5.17. The van der Waals surface area contributed by atoms with Crippen molar-refractivity contribution in [1.29, 1.82) is 0 Å². The highest BCUT2D eigenvalue weighted by molar-refractivity contribution is 6.33. The number of hydrogen-bond acceptors (Lipinski definition) is 1. The van der Waals surface area contributed by atoms with E-state index < -0.39 is 0 Å². The third-order valence-electron chi connectivity index (χ3n) is 1.76. The molecule has 0 aliphatic carbocycles. The molecule has 0 amide bonds. The lowest BCUT2D eigenvalue weighted by atomic mass is 9.96. The molecule has 0 spiro atoms. The zero-order valence-electron chi connectivity index (χ0n) is 5.17. The third kappa shape index (κ3) is 0.606. The highest BCUT2D eigenvalue weighted by Crippen LogP contribution is 2.08. The van der Waals surface area contributed by atoms with Crippen LogP contribution in [-0.2, 0) is 13.0 Å². The van der Waals surface area contributed by atoms with E-state index in [4.69, 9.17) is 7.85 Å². The van der Waals surface area contributed by atoms with Crippen molar-refractivity contribution in [3.05, 3.63) is 11.9 Å². The van der Waals surface area contributed by atoms with Crippen LogP contribution in [0.2, 0.25) is 0 Å². The molecule has 9 heavy (non-hydrogen) atoms. The monoisotopic (exact) mass is 118 g/mol. The van der Waals surface area contributed by atoms with Crippen molar-refractivity contribution >= 4 is 13.3 Å². The van der Waals surface area contributed by atoms with Crippen molar-refractivity contribution in [2.75, 3.05) is 0 Å². The molecule has 0 bridgehead atoms. The molecule has 0 fully saturated rings. The summed E-state index contributed by atoms with van der Waals surface area (Å²) in [5, 5.41) is 4.09. The quantitative estimate of drug-likeness (QED) is 0.424. The van der Waals surface area contributed by atoms with E-state index >= 15 is 0 Å². The second-order valence-electron chi connectivity index (χ2n) is 2.37. The van der Waals surface area contributed by atoms with Crippen molar-refractivity contribution in [1.82, 2.24) is 9.78 Å². The Labute approximate surface area is 55.3 Å². The molecule has 0 unspecified atom stereocenters. The maximum absolute atomic E-state index is 5.61. The molecule has 2 radical (unpaired) electrons. The zero-order chi connectivity index (χ0) is 6.27. The van der Waals surface area contributed by atoms with Crippen LogP contribution in [0.5, 0.6) is 0 Å². The summed E-state index contributed by atoms with van der Waals surface area (Å²) in [6.07, 6.45) is 4.04. The molecule has 3 heteroatoms. The Morgan fingerprint density at radius 3 is 3.33 bits per heavy atom. The second-order valence-corrected chi connectivity index (χ2v) is 2.37. The highest BCUT2D eigenvalue weighted by atomic mass is 15.3. The first-order valence-electron chi connectivity index (χ1n) is 3.18. The fourth-order valence-corrected chi connectivity index (χ4v) is 1.29. The van der Waals surface area contributed by atoms with Crippen molar-refractivity contribution in [3.63, 3.8) is 0 Å². The molecule has 0 atom stereocenters. The first kappa shape index (κ1) is 5.09. The van der Waals surface area contributed by atoms with Crippen molar-refractivity contribution in [3.8, 4) is 0 Å². The van der Waals surface area contributed by atoms with Crippen LogP contribution in [0, 0.1) is 0 Å². The Kier molecular flexibility index (Phi) is 0.919. The average molecular weight is 118 g/mol. The van der Waals surface area contributed by atoms with Crippen LogP contribution in [0.4, 0.5) is 0 Å². The van der Waals surface area contributed by atoms with Gasteiger partial charge in [0.1, 0.15) is 7.85 Å². The van der Waals surface area contributed by atoms with Crippen molar-refractivity contribution in [2.24, 2.45) is 0 Å². The summed E-state index contributed by atoms with van der Waals surface area (Å²) < 4.78 is 1.98. The molecule has 0 aromatic carbocycles. The van der Waals surface area contributed by atoms with E-state index in [1.807, 2.05) is 4.68 Å². The van der Waals surface area contributed by atoms with E-state index in [-0.39, 0.29) is 0 Å². The van der Waals surface area contributed by atoms with Gasteiger partial charge >= 0.3 is 0 Å². The van der Waals surface area contributed by atoms with E-state index in [1.165, 1.54) is 12.1 Å². The number of rotatable bonds is 0. The van der Waals surface area contributed by atoms with Gasteiger partial charge in [0, 0.05) is 18.4 Å². The molecule has 2 nitrogen and oxygen atoms in total. The van der Waals surface area contributed by atoms with E-state index in [2.05, 4.69) is 5.10 Å². The lowest BCUT2D eigenvalue weighted by Gasteiger charge is -1.90. The Morgan fingerprint density at radius 1 is 1.67 bits per heavy atom. The SMILES string of the molecule is [B]c1cnn2c1CCC2. The first-order valence-corrected chi connectivity index (χ1v) is 3.18. The summed E-state index contributed by atoms with van der Waals surface area (Å²) in [6, 6.07) is 0. The highest BCUT2D eigenvalue weighted by Gasteiger charge is 2.11. The normalized spacial score (nSPS) is 16.0. The van der Waals surface area contributed by atoms with E-state index in [0.717, 1.165) is 18.4 Å². The van der Waals surface area contributed by atoms with Crippen LogP contribution >= 0.6 is 0 Å². The Hall–Kier alpha value is -0.725. The summed E-state index contributed by atoms with van der Waals surface area (Å²) in [7, 11) is 5.61. The van der Waals surface area contributed by atoms with Crippen LogP contribution in [0.3, 0.4) is 0 Å². The number of aromatic nitrogens is 2. The van der Waals surface area contributed by atoms with Gasteiger partial charge in [-0.15, -0.1) is 0 Å². The third-order valence-corrected chi connectivity index (χ3v) is 1.76. The molecule has 0 N–H and O–H groups in total. The van der Waals surface area contributed by atoms with Gasteiger partial charge in [-0.05, 0) is 12.8 Å². The molecular formula is C6H7BN2. The van der Waals surface area contributed by atoms with Gasteiger partial charge in [0.2, 0.25) is 0 Å². The van der Waals surface area contributed by atoms with E-state index in [0.29, 0.717) is 0 Å². The maximum Gasteiger partial charge on any atom is 0.118 e. The van der Waals surface area contributed by atoms with Crippen LogP contribution < -0.4 is 5.46 Å². The largest absolute Gasteiger partial charge is 0.270 e. The standard InChI is InChI=1S/C6H7BN2/c7-5-4-8-9-3-1-2-6(5)9/h4H,1-3H2. The van der Waals surface area contributed by atoms with Crippen molar-refractivity contribution in [2.45, 2.75) is 19.4 Å². The van der Waals surface area contributed by atoms with Gasteiger partial charge in [0.25, 0.3) is 0 Å². The van der Waals surface area contributed by atoms with E-state index in [1.54, 1.807) is 6.20 Å². The first-order chi connectivity index (χ1) is 4.38. The van der Waals surface area contributed by atoms with Crippen LogP contribution in [-0.4, -0.2) is 17.6 Å². The molecule has 2 heterocycles. The number of nitrogens with zero attached hydrogens (tertiary/aromatic N) is 2. The maximum atomic E-state index is 5.61. The number of hydrogen-bond donors (Lipinski definition) is 0. The fourth-order valence-electron chi connectivity index (χ4n) is 1.29. The van der Waals surface area contributed by atoms with Gasteiger partial charge in [-0.2, -0.15) is 5.10 Å². The molecule has 44 valence electrons. The topological polar surface area (TPSA) is 17.8 Å². The molecule has 0 saturated heterocycles. The summed E-state index contributed by atoms with van der Waals surface area (Å²) in [5.74, 6) is 0. The van der Waals surface area contributed by atoms with Crippen LogP contribution in [0.1, 0.15) is 12.1 Å². The average Bonchev–Trinajstić information content (AvgIpc) is 2.35. The predicted octanol–water partition coefficient (Wildman–Crippen LogP) is -0.377. The van der Waals surface area contributed by atoms with Gasteiger partial charge in [-0.3, -0.25) is 4.68 Å². The number of aryl methyl sites for hydroxylation is 1. The molecule has 1 aromatic rings. The summed E-state index contributed by atoms with van der Waals surface area (Å²) >= 11 is 0. The van der Waals surface area contributed by atoms with Gasteiger partial charge in [-0.25, -0.2) is 0 Å². The second kappa shape index (κ2) is 1.63. The minimum Gasteiger partial charge on any atom is -0.270 e. The molecule has 2 rings (SSSR count). The fraction of sp³-hybridized carbons (Fsp3) is 0.500. The molecule has 1 aromatic heterocycles. The molecular weight excluding hydrogens is 111 g/mol. The van der Waals surface area contributed by atoms with Gasteiger partial charge in [0.05, 0.1) is 0 Å². The summed E-state index contributed by atoms with van der Waals surface area (Å²) in [4.78, 5) is 0. The van der Waals surface area contributed by atoms with Crippen molar-refractivity contribution < 1.29 is 0 Å². The Balaban J connectivity index is 2.56. The number of fused-ring (bicyclic) bond motifs is 1. The smallest absolute Gasteiger partial charge is 0.118 e. The summed E-state index contributed by atoms with van der Waals surface area (Å²) in [6.45, 7) is 1.05. The van der Waals surface area contributed by atoms with Gasteiger partial charge in [0.15, 0.2) is 0 Å². The lowest BCUT2D eigenvalue weighted by molar-refractivity contribution is 0.656. The lowest BCUT2D eigenvalue weighted by Crippen LogP contribution is -2.05. The predicted molar refractivity (Wildman–Crippen MR) is 35.9 cm³/mol. The van der Waals surface area contributed by atoms with Gasteiger partial charge in [-0.1, -0.05) is 5.46 Å². The minimum absolute atomic E-state index is 0.854. The van der Waals surface area contributed by atoms with Crippen LogP contribution in [0.15, 0.2) is 6.20 Å². The minimum atomic E-state index is 0.854. The Morgan fingerprint density at radius 2 is 2.56 bits per heavy atom. The Bertz CT molecular complexity index is 229. The summed E-state index contributed by atoms with van der Waals surface area (Å²) in [5.41, 5.74) is 2.07. The molecule has 1 aliphatic rings. The molecule has 0 saturated carbocycles. The van der Waals surface area contributed by atoms with Crippen LogP contribution in [0.25, 0.3) is 0 Å². The molecule has 1 aliphatic heterocycles. The van der Waals surface area contributed by atoms with E-state index in [9.17, 15) is 0 Å². The van der Waals surface area contributed by atoms with Gasteiger partial charge < -0.3 is 0 Å².